The zero-order chi connectivity index (χ0) is 10.6. The van der Waals surface area contributed by atoms with E-state index in [2.05, 4.69) is 0 Å². The van der Waals surface area contributed by atoms with Gasteiger partial charge in [0.25, 0.3) is 0 Å². The van der Waals surface area contributed by atoms with E-state index in [4.69, 9.17) is 7.85 Å². The van der Waals surface area contributed by atoms with Crippen molar-refractivity contribution in [1.82, 2.24) is 0 Å². The number of fused-ring (bicyclic) bond motifs is 5. The zero-order valence-electron chi connectivity index (χ0n) is 9.65. The van der Waals surface area contributed by atoms with Gasteiger partial charge in [0.1, 0.15) is 7.85 Å². The second-order valence-corrected chi connectivity index (χ2v) is 6.40. The Morgan fingerprint density at radius 2 is 1.67 bits per heavy atom. The summed E-state index contributed by atoms with van der Waals surface area (Å²) in [5.74, 6) is 4.24. The van der Waals surface area contributed by atoms with Gasteiger partial charge in [-0.3, -0.25) is 0 Å². The smallest absolute Gasteiger partial charge is 0.113 e. The lowest BCUT2D eigenvalue weighted by atomic mass is 9.60. The van der Waals surface area contributed by atoms with E-state index in [0.29, 0.717) is 5.92 Å². The average Bonchev–Trinajstić information content (AvgIpc) is 2.76. The second kappa shape index (κ2) is 3.26. The second-order valence-electron chi connectivity index (χ2n) is 6.40. The molecule has 15 heavy (non-hydrogen) atoms. The first-order valence-electron chi connectivity index (χ1n) is 6.57. The molecule has 0 aliphatic heterocycles. The van der Waals surface area contributed by atoms with Crippen molar-refractivity contribution in [2.24, 2.45) is 29.6 Å². The van der Waals surface area contributed by atoms with Crippen molar-refractivity contribution in [2.45, 2.75) is 50.9 Å². The highest BCUT2D eigenvalue weighted by molar-refractivity contribution is 6.14. The van der Waals surface area contributed by atoms with Crippen LogP contribution in [0.15, 0.2) is 0 Å². The molecule has 3 saturated carbocycles. The van der Waals surface area contributed by atoms with Crippen LogP contribution in [0.1, 0.15) is 45.4 Å². The average molecular weight is 204 g/mol. The maximum absolute atomic E-state index is 9.91. The predicted octanol–water partition coefficient (Wildman–Crippen LogP) is 2.33. The molecular weight excluding hydrogens is 183 g/mol. The van der Waals surface area contributed by atoms with Crippen molar-refractivity contribution in [3.05, 3.63) is 0 Å². The van der Waals surface area contributed by atoms with E-state index in [0.717, 1.165) is 30.1 Å². The Hall–Kier alpha value is 0.0249. The molecule has 3 aliphatic carbocycles. The van der Waals surface area contributed by atoms with Gasteiger partial charge in [-0.25, -0.2) is 0 Å². The van der Waals surface area contributed by atoms with Crippen LogP contribution in [0.3, 0.4) is 0 Å². The molecule has 6 atom stereocenters. The van der Waals surface area contributed by atoms with Crippen LogP contribution >= 0.6 is 0 Å². The molecule has 1 nitrogen and oxygen atoms in total. The molecule has 1 N–H and O–H groups in total. The van der Waals surface area contributed by atoms with Crippen LogP contribution in [0, 0.1) is 29.6 Å². The van der Waals surface area contributed by atoms with Gasteiger partial charge in [0.15, 0.2) is 0 Å². The van der Waals surface area contributed by atoms with Crippen molar-refractivity contribution in [3.8, 4) is 0 Å². The minimum Gasteiger partial charge on any atom is -0.400 e. The SMILES string of the molecule is [B]C(C)(O)C1CCC2C3CCC(C3)C2C1. The van der Waals surface area contributed by atoms with E-state index in [1.165, 1.54) is 32.1 Å². The van der Waals surface area contributed by atoms with Crippen molar-refractivity contribution in [3.63, 3.8) is 0 Å². The van der Waals surface area contributed by atoms with Crippen LogP contribution in [-0.4, -0.2) is 18.5 Å². The Morgan fingerprint density at radius 1 is 1.00 bits per heavy atom. The topological polar surface area (TPSA) is 20.2 Å². The minimum absolute atomic E-state index is 0.345. The lowest BCUT2D eigenvalue weighted by Gasteiger charge is -2.43. The maximum atomic E-state index is 9.91. The summed E-state index contributed by atoms with van der Waals surface area (Å²) in [6.07, 6.45) is 8.07. The first-order chi connectivity index (χ1) is 7.05. The standard InChI is InChI=1S/C13H21BO/c1-13(14,15)10-4-5-11-8-2-3-9(6-8)12(11)7-10/h8-12,15H,2-7H2,1H3. The Balaban J connectivity index is 1.73. The molecule has 0 saturated heterocycles. The van der Waals surface area contributed by atoms with E-state index >= 15 is 0 Å². The van der Waals surface area contributed by atoms with E-state index in [9.17, 15) is 5.11 Å². The number of hydrogen-bond donors (Lipinski definition) is 1. The van der Waals surface area contributed by atoms with E-state index in [1.54, 1.807) is 6.92 Å². The Labute approximate surface area is 94.0 Å². The van der Waals surface area contributed by atoms with Crippen LogP contribution in [-0.2, 0) is 0 Å². The number of aliphatic hydroxyl groups is 1. The quantitative estimate of drug-likeness (QED) is 0.650. The van der Waals surface area contributed by atoms with Crippen LogP contribution in [0.2, 0.25) is 0 Å². The molecular formula is C13H21BO. The van der Waals surface area contributed by atoms with E-state index in [-0.39, 0.29) is 0 Å². The molecule has 3 rings (SSSR count). The normalized spacial score (nSPS) is 52.5. The third-order valence-corrected chi connectivity index (χ3v) is 5.51. The Kier molecular flexibility index (Phi) is 2.21. The minimum atomic E-state index is -0.938. The van der Waals surface area contributed by atoms with Gasteiger partial charge in [-0.2, -0.15) is 0 Å². The molecule has 0 aromatic carbocycles. The first-order valence-corrected chi connectivity index (χ1v) is 6.57. The zero-order valence-corrected chi connectivity index (χ0v) is 9.65. The summed E-state index contributed by atoms with van der Waals surface area (Å²) < 4.78 is 0. The number of rotatable bonds is 1. The summed E-state index contributed by atoms with van der Waals surface area (Å²) in [5.41, 5.74) is -0.938. The first kappa shape index (κ1) is 10.2. The van der Waals surface area contributed by atoms with Crippen molar-refractivity contribution < 1.29 is 5.11 Å². The van der Waals surface area contributed by atoms with Crippen LogP contribution in [0.25, 0.3) is 0 Å². The molecule has 0 heterocycles. The van der Waals surface area contributed by atoms with Crippen LogP contribution < -0.4 is 0 Å². The molecule has 2 heteroatoms. The predicted molar refractivity (Wildman–Crippen MR) is 61.5 cm³/mol. The van der Waals surface area contributed by atoms with Gasteiger partial charge in [-0.05, 0) is 75.0 Å². The molecule has 0 amide bonds. The highest BCUT2D eigenvalue weighted by Crippen LogP contribution is 2.58. The largest absolute Gasteiger partial charge is 0.400 e. The van der Waals surface area contributed by atoms with Crippen molar-refractivity contribution in [2.75, 3.05) is 0 Å². The Morgan fingerprint density at radius 3 is 2.33 bits per heavy atom. The summed E-state index contributed by atoms with van der Waals surface area (Å²) in [5, 5.41) is 9.91. The molecule has 3 fully saturated rings. The van der Waals surface area contributed by atoms with Crippen molar-refractivity contribution >= 4 is 7.85 Å². The fraction of sp³-hybridized carbons (Fsp3) is 1.00. The van der Waals surface area contributed by atoms with Gasteiger partial charge in [0.2, 0.25) is 0 Å². The maximum Gasteiger partial charge on any atom is 0.113 e. The lowest BCUT2D eigenvalue weighted by Crippen LogP contribution is -2.41. The third-order valence-electron chi connectivity index (χ3n) is 5.51. The molecule has 0 aromatic rings. The number of hydrogen-bond acceptors (Lipinski definition) is 1. The summed E-state index contributed by atoms with van der Waals surface area (Å²) in [4.78, 5) is 0. The summed E-state index contributed by atoms with van der Waals surface area (Å²) in [6.45, 7) is 1.78. The van der Waals surface area contributed by atoms with Crippen LogP contribution in [0.5, 0.6) is 0 Å². The molecule has 0 aromatic heterocycles. The van der Waals surface area contributed by atoms with Crippen LogP contribution in [0.4, 0.5) is 0 Å². The summed E-state index contributed by atoms with van der Waals surface area (Å²) >= 11 is 0. The van der Waals surface area contributed by atoms with Gasteiger partial charge >= 0.3 is 0 Å². The van der Waals surface area contributed by atoms with E-state index < -0.39 is 5.50 Å². The molecule has 2 radical (unpaired) electrons. The van der Waals surface area contributed by atoms with Gasteiger partial charge in [-0.1, -0.05) is 0 Å². The molecule has 2 bridgehead atoms. The van der Waals surface area contributed by atoms with Gasteiger partial charge in [0.05, 0.1) is 0 Å². The van der Waals surface area contributed by atoms with Crippen molar-refractivity contribution in [1.29, 1.82) is 0 Å². The van der Waals surface area contributed by atoms with Gasteiger partial charge < -0.3 is 5.11 Å². The Bertz CT molecular complexity index is 258. The highest BCUT2D eigenvalue weighted by Gasteiger charge is 2.50. The molecule has 0 spiro atoms. The van der Waals surface area contributed by atoms with Gasteiger partial charge in [0, 0.05) is 5.50 Å². The van der Waals surface area contributed by atoms with E-state index in [1.807, 2.05) is 0 Å². The van der Waals surface area contributed by atoms with Gasteiger partial charge in [-0.15, -0.1) is 0 Å². The monoisotopic (exact) mass is 204 g/mol. The lowest BCUT2D eigenvalue weighted by molar-refractivity contribution is 0.0145. The summed E-state index contributed by atoms with van der Waals surface area (Å²) in [6, 6.07) is 0. The third kappa shape index (κ3) is 1.56. The molecule has 82 valence electrons. The molecule has 6 unspecified atom stereocenters. The highest BCUT2D eigenvalue weighted by atomic mass is 16.3. The molecule has 3 aliphatic rings. The summed E-state index contributed by atoms with van der Waals surface area (Å²) in [7, 11) is 5.85. The fourth-order valence-electron chi connectivity index (χ4n) is 4.72. The fourth-order valence-corrected chi connectivity index (χ4v) is 4.72.